The molecule has 282 valence electrons. The fourth-order valence-electron chi connectivity index (χ4n) is 13.4. The monoisotopic (exact) mass is 697 g/mol. The molecule has 1 amide bonds. The first-order valence-corrected chi connectivity index (χ1v) is 20.0. The highest BCUT2D eigenvalue weighted by molar-refractivity contribution is 5.88. The van der Waals surface area contributed by atoms with E-state index < -0.39 is 29.3 Å². The maximum absolute atomic E-state index is 14.1. The highest BCUT2D eigenvalue weighted by Crippen LogP contribution is 2.76. The van der Waals surface area contributed by atoms with E-state index in [4.69, 9.17) is 4.74 Å². The Morgan fingerprint density at radius 2 is 1.52 bits per heavy atom. The highest BCUT2D eigenvalue weighted by Gasteiger charge is 2.70. The van der Waals surface area contributed by atoms with Crippen LogP contribution in [0.5, 0.6) is 0 Å². The van der Waals surface area contributed by atoms with Crippen LogP contribution in [0.25, 0.3) is 0 Å². The van der Waals surface area contributed by atoms with Crippen molar-refractivity contribution in [3.05, 3.63) is 12.7 Å². The predicted octanol–water partition coefficient (Wildman–Crippen LogP) is 8.53. The second-order valence-corrected chi connectivity index (χ2v) is 18.8. The minimum Gasteiger partial charge on any atom is -0.481 e. The Morgan fingerprint density at radius 1 is 0.840 bits per heavy atom. The molecule has 6 fully saturated rings. The SMILES string of the molecule is C=CC.CC(C)CC(NC(=O)C12CCCC1C1CCC3C4(C)CCC(OC(=O)C5CC(C(=O)O)C5C)C(C)C4CCC3(C)[C@]1(C)CC2)C(=O)O. The number of esters is 1. The maximum atomic E-state index is 14.1. The molecule has 13 unspecified atom stereocenters. The molecule has 6 aliphatic rings. The van der Waals surface area contributed by atoms with Crippen LogP contribution in [-0.4, -0.2) is 46.2 Å². The van der Waals surface area contributed by atoms with E-state index in [0.717, 1.165) is 70.6 Å². The Labute approximate surface area is 301 Å². The first kappa shape index (κ1) is 38.8. The van der Waals surface area contributed by atoms with Gasteiger partial charge in [-0.25, -0.2) is 4.79 Å². The minimum atomic E-state index is -0.931. The van der Waals surface area contributed by atoms with Gasteiger partial charge >= 0.3 is 17.9 Å². The third-order valence-corrected chi connectivity index (χ3v) is 16.3. The van der Waals surface area contributed by atoms with E-state index >= 15 is 0 Å². The molecule has 0 saturated heterocycles. The van der Waals surface area contributed by atoms with E-state index in [9.17, 15) is 29.4 Å². The van der Waals surface area contributed by atoms with Gasteiger partial charge in [-0.1, -0.05) is 61.0 Å². The number of ether oxygens (including phenoxy) is 1. The van der Waals surface area contributed by atoms with Gasteiger partial charge in [-0.3, -0.25) is 14.4 Å². The van der Waals surface area contributed by atoms with Crippen molar-refractivity contribution in [3.63, 3.8) is 0 Å². The zero-order chi connectivity index (χ0) is 37.0. The fourth-order valence-corrected chi connectivity index (χ4v) is 13.4. The number of rotatable bonds is 8. The zero-order valence-electron chi connectivity index (χ0n) is 32.3. The van der Waals surface area contributed by atoms with Crippen LogP contribution in [0.2, 0.25) is 0 Å². The van der Waals surface area contributed by atoms with Crippen LogP contribution in [0.1, 0.15) is 139 Å². The van der Waals surface area contributed by atoms with Crippen molar-refractivity contribution in [1.29, 1.82) is 0 Å². The largest absolute Gasteiger partial charge is 0.481 e. The van der Waals surface area contributed by atoms with Crippen molar-refractivity contribution in [3.8, 4) is 0 Å². The Kier molecular flexibility index (Phi) is 11.0. The number of aliphatic carboxylic acids is 2. The third-order valence-electron chi connectivity index (χ3n) is 16.3. The number of carboxylic acids is 2. The zero-order valence-corrected chi connectivity index (χ0v) is 32.3. The van der Waals surface area contributed by atoms with Gasteiger partial charge in [-0.05, 0) is 142 Å². The second kappa shape index (κ2) is 14.2. The van der Waals surface area contributed by atoms with Crippen molar-refractivity contribution >= 4 is 23.8 Å². The number of hydrogen-bond acceptors (Lipinski definition) is 5. The molecule has 8 nitrogen and oxygen atoms in total. The van der Waals surface area contributed by atoms with Crippen molar-refractivity contribution in [2.45, 2.75) is 151 Å². The second-order valence-electron chi connectivity index (χ2n) is 18.8. The van der Waals surface area contributed by atoms with Crippen molar-refractivity contribution in [2.75, 3.05) is 0 Å². The molecule has 6 aliphatic carbocycles. The number of nitrogens with one attached hydrogen (secondary N) is 1. The quantitative estimate of drug-likeness (QED) is 0.171. The molecule has 0 bridgehead atoms. The molecule has 0 heterocycles. The first-order valence-electron chi connectivity index (χ1n) is 20.0. The van der Waals surface area contributed by atoms with E-state index in [1.54, 1.807) is 6.08 Å². The number of allylic oxidation sites excluding steroid dienone is 1. The van der Waals surface area contributed by atoms with Gasteiger partial charge in [-0.15, -0.1) is 6.58 Å². The van der Waals surface area contributed by atoms with Crippen molar-refractivity contribution in [2.24, 2.45) is 74.9 Å². The summed E-state index contributed by atoms with van der Waals surface area (Å²) in [4.78, 5) is 50.8. The summed E-state index contributed by atoms with van der Waals surface area (Å²) in [6.45, 7) is 21.1. The summed E-state index contributed by atoms with van der Waals surface area (Å²) in [6, 6.07) is -0.829. The van der Waals surface area contributed by atoms with Crippen LogP contribution < -0.4 is 5.32 Å². The van der Waals surface area contributed by atoms with Crippen LogP contribution in [0.3, 0.4) is 0 Å². The van der Waals surface area contributed by atoms with Crippen LogP contribution in [0.4, 0.5) is 0 Å². The number of carboxylic acid groups (broad SMARTS) is 2. The number of carbonyl (C=O) groups is 4. The summed E-state index contributed by atoms with van der Waals surface area (Å²) in [5, 5.41) is 22.4. The molecule has 0 aromatic carbocycles. The number of fused-ring (bicyclic) bond motifs is 7. The molecule has 50 heavy (non-hydrogen) atoms. The van der Waals surface area contributed by atoms with Gasteiger partial charge in [0.05, 0.1) is 17.3 Å². The summed E-state index contributed by atoms with van der Waals surface area (Å²) in [5.41, 5.74) is -0.00286. The lowest BCUT2D eigenvalue weighted by molar-refractivity contribution is -0.235. The van der Waals surface area contributed by atoms with E-state index in [1.165, 1.54) is 0 Å². The summed E-state index contributed by atoms with van der Waals surface area (Å²) in [7, 11) is 0. The van der Waals surface area contributed by atoms with Crippen LogP contribution in [-0.2, 0) is 23.9 Å². The van der Waals surface area contributed by atoms with E-state index in [2.05, 4.69) is 39.6 Å². The van der Waals surface area contributed by atoms with Crippen LogP contribution in [0, 0.1) is 74.9 Å². The minimum absolute atomic E-state index is 0.00508. The van der Waals surface area contributed by atoms with Gasteiger partial charge in [0, 0.05) is 0 Å². The molecule has 0 spiro atoms. The fraction of sp³-hybridized carbons (Fsp3) is 0.857. The van der Waals surface area contributed by atoms with Gasteiger partial charge in [0.25, 0.3) is 0 Å². The average molecular weight is 698 g/mol. The topological polar surface area (TPSA) is 130 Å². The molecule has 6 rings (SSSR count). The average Bonchev–Trinajstić information content (AvgIpc) is 3.47. The Hall–Kier alpha value is -2.38. The highest BCUT2D eigenvalue weighted by atomic mass is 16.5. The maximum Gasteiger partial charge on any atom is 0.326 e. The molecule has 8 heteroatoms. The molecular formula is C42H67NO7. The molecule has 3 N–H and O–H groups in total. The molecule has 0 aromatic heterocycles. The Morgan fingerprint density at radius 3 is 2.12 bits per heavy atom. The normalized spacial score (nSPS) is 45.1. The summed E-state index contributed by atoms with van der Waals surface area (Å²) < 4.78 is 6.20. The Balaban J connectivity index is 0.00000156. The lowest BCUT2D eigenvalue weighted by atomic mass is 9.33. The van der Waals surface area contributed by atoms with E-state index in [-0.39, 0.29) is 57.9 Å². The molecule has 6 saturated carbocycles. The van der Waals surface area contributed by atoms with Crippen molar-refractivity contribution < 1.29 is 34.1 Å². The number of hydrogen-bond donors (Lipinski definition) is 3. The molecule has 0 aromatic rings. The summed E-state index contributed by atoms with van der Waals surface area (Å²) >= 11 is 0. The summed E-state index contributed by atoms with van der Waals surface area (Å²) in [5.74, 6) is -0.585. The third kappa shape index (κ3) is 6.14. The number of carbonyl (C=O) groups excluding carboxylic acids is 2. The van der Waals surface area contributed by atoms with Crippen LogP contribution >= 0.6 is 0 Å². The van der Waals surface area contributed by atoms with Gasteiger partial charge in [0.15, 0.2) is 0 Å². The van der Waals surface area contributed by atoms with Crippen molar-refractivity contribution in [1.82, 2.24) is 5.32 Å². The van der Waals surface area contributed by atoms with Gasteiger partial charge < -0.3 is 20.3 Å². The molecule has 14 atom stereocenters. The smallest absolute Gasteiger partial charge is 0.326 e. The molecular weight excluding hydrogens is 630 g/mol. The van der Waals surface area contributed by atoms with Crippen LogP contribution in [0.15, 0.2) is 12.7 Å². The molecule has 0 radical (unpaired) electrons. The summed E-state index contributed by atoms with van der Waals surface area (Å²) in [6.07, 6.45) is 13.8. The lowest BCUT2D eigenvalue weighted by Gasteiger charge is -2.71. The van der Waals surface area contributed by atoms with E-state index in [0.29, 0.717) is 36.5 Å². The number of amides is 1. The van der Waals surface area contributed by atoms with Gasteiger partial charge in [0.2, 0.25) is 5.91 Å². The standard InChI is InChI=1S/C39H61NO7.C3H6/c1-21(2)19-29(33(43)44)40-35(46)39-14-8-9-28(39)27-10-11-31-36(5)15-13-30(47-34(45)25-20-24(22(25)3)32(41)42)23(4)26(36)12-16-38(31,7)37(27,6)17-18-39;1-3-2/h21-31H,8-20H2,1-7H3,(H,40,46)(H,41,42)(H,43,44);3H,1H2,2H3/t22?,23?,24?,25?,26?,27?,28?,29?,30?,31?,36?,37-,38?,39?;/m1./s1. The lowest BCUT2D eigenvalue weighted by Crippen LogP contribution is -2.66. The predicted molar refractivity (Wildman–Crippen MR) is 194 cm³/mol. The first-order chi connectivity index (χ1) is 23.4. The Bertz CT molecular complexity index is 1330. The molecule has 0 aliphatic heterocycles. The van der Waals surface area contributed by atoms with Gasteiger partial charge in [0.1, 0.15) is 12.1 Å². The van der Waals surface area contributed by atoms with Gasteiger partial charge in [-0.2, -0.15) is 0 Å². The van der Waals surface area contributed by atoms with E-state index in [1.807, 2.05) is 27.7 Å².